The largest absolute Gasteiger partial charge is 0.447 e. The number of alkyl carbamates (subject to hydrolysis) is 1. The van der Waals surface area contributed by atoms with Gasteiger partial charge in [0.2, 0.25) is 0 Å². The van der Waals surface area contributed by atoms with Crippen LogP contribution in [-0.2, 0) is 4.74 Å². The van der Waals surface area contributed by atoms with Crippen molar-refractivity contribution in [3.8, 4) is 0 Å². The lowest BCUT2D eigenvalue weighted by Gasteiger charge is -2.01. The zero-order valence-corrected chi connectivity index (χ0v) is 9.75. The molecular formula is C12H20FNO2. The zero-order valence-electron chi connectivity index (χ0n) is 9.75. The summed E-state index contributed by atoms with van der Waals surface area (Å²) in [4.78, 5) is 10.8. The number of carbonyl (C=O) groups excluding carboxylic acids is 1. The van der Waals surface area contributed by atoms with Gasteiger partial charge >= 0.3 is 6.09 Å². The van der Waals surface area contributed by atoms with Crippen LogP contribution in [0.3, 0.4) is 0 Å². The molecule has 1 amide bonds. The minimum atomic E-state index is -0.646. The van der Waals surface area contributed by atoms with Gasteiger partial charge in [0.25, 0.3) is 0 Å². The molecule has 0 aliphatic carbocycles. The molecule has 16 heavy (non-hydrogen) atoms. The highest BCUT2D eigenvalue weighted by Gasteiger charge is 1.97. The van der Waals surface area contributed by atoms with E-state index >= 15 is 0 Å². The molecule has 4 heteroatoms. The summed E-state index contributed by atoms with van der Waals surface area (Å²) in [6.07, 6.45) is 10.6. The van der Waals surface area contributed by atoms with Crippen LogP contribution in [0.5, 0.6) is 0 Å². The van der Waals surface area contributed by atoms with Crippen molar-refractivity contribution in [2.24, 2.45) is 0 Å². The standard InChI is InChI=1S/C12H20FNO2/c1-2-3-4-5-6-7-8-10-14-12(15)16-11-9-13/h3-4,7-8H,2,5-6,9-11H2,1H3,(H,14,15)/b4-3-,8-7+. The number of hydrogen-bond acceptors (Lipinski definition) is 2. The highest BCUT2D eigenvalue weighted by atomic mass is 19.1. The van der Waals surface area contributed by atoms with E-state index in [0.29, 0.717) is 6.54 Å². The Morgan fingerprint density at radius 2 is 1.94 bits per heavy atom. The fourth-order valence-corrected chi connectivity index (χ4v) is 1.00. The van der Waals surface area contributed by atoms with E-state index in [1.54, 1.807) is 0 Å². The summed E-state index contributed by atoms with van der Waals surface area (Å²) in [5, 5.41) is 2.49. The van der Waals surface area contributed by atoms with E-state index in [1.807, 2.05) is 12.2 Å². The Bertz CT molecular complexity index is 227. The van der Waals surface area contributed by atoms with Crippen molar-refractivity contribution in [1.29, 1.82) is 0 Å². The minimum Gasteiger partial charge on any atom is -0.447 e. The topological polar surface area (TPSA) is 38.3 Å². The maximum Gasteiger partial charge on any atom is 0.407 e. The first-order valence-corrected chi connectivity index (χ1v) is 5.57. The molecule has 0 heterocycles. The van der Waals surface area contributed by atoms with Crippen LogP contribution in [0.2, 0.25) is 0 Å². The van der Waals surface area contributed by atoms with Crippen LogP contribution >= 0.6 is 0 Å². The first-order chi connectivity index (χ1) is 7.81. The monoisotopic (exact) mass is 229 g/mol. The average molecular weight is 229 g/mol. The number of halogens is 1. The van der Waals surface area contributed by atoms with Gasteiger partial charge in [-0.2, -0.15) is 0 Å². The molecule has 0 saturated heterocycles. The van der Waals surface area contributed by atoms with E-state index in [4.69, 9.17) is 0 Å². The smallest absolute Gasteiger partial charge is 0.407 e. The maximum atomic E-state index is 11.6. The van der Waals surface area contributed by atoms with Crippen LogP contribution in [0.1, 0.15) is 26.2 Å². The predicted molar refractivity (Wildman–Crippen MR) is 63.1 cm³/mol. The normalized spacial score (nSPS) is 11.1. The van der Waals surface area contributed by atoms with Gasteiger partial charge in [-0.1, -0.05) is 31.2 Å². The lowest BCUT2D eigenvalue weighted by molar-refractivity contribution is 0.138. The van der Waals surface area contributed by atoms with Crippen LogP contribution in [-0.4, -0.2) is 25.9 Å². The van der Waals surface area contributed by atoms with Gasteiger partial charge in [0.15, 0.2) is 0 Å². The van der Waals surface area contributed by atoms with Gasteiger partial charge in [-0.15, -0.1) is 0 Å². The van der Waals surface area contributed by atoms with Crippen molar-refractivity contribution in [3.05, 3.63) is 24.3 Å². The van der Waals surface area contributed by atoms with Crippen molar-refractivity contribution >= 4 is 6.09 Å². The lowest BCUT2D eigenvalue weighted by Crippen LogP contribution is -2.24. The highest BCUT2D eigenvalue weighted by molar-refractivity contribution is 5.67. The molecule has 0 aromatic heterocycles. The number of allylic oxidation sites excluding steroid dienone is 3. The molecule has 1 N–H and O–H groups in total. The van der Waals surface area contributed by atoms with Crippen LogP contribution in [0.25, 0.3) is 0 Å². The summed E-state index contributed by atoms with van der Waals surface area (Å²) < 4.78 is 16.1. The van der Waals surface area contributed by atoms with Gasteiger partial charge in [0.05, 0.1) is 0 Å². The fourth-order valence-electron chi connectivity index (χ4n) is 1.00. The van der Waals surface area contributed by atoms with E-state index in [-0.39, 0.29) is 6.61 Å². The molecule has 0 atom stereocenters. The van der Waals surface area contributed by atoms with Gasteiger partial charge in [-0.25, -0.2) is 9.18 Å². The van der Waals surface area contributed by atoms with Crippen molar-refractivity contribution in [3.63, 3.8) is 0 Å². The summed E-state index contributed by atoms with van der Waals surface area (Å²) in [5.41, 5.74) is 0. The Morgan fingerprint density at radius 1 is 1.25 bits per heavy atom. The zero-order chi connectivity index (χ0) is 12.1. The van der Waals surface area contributed by atoms with Gasteiger partial charge in [-0.3, -0.25) is 0 Å². The molecular weight excluding hydrogens is 209 g/mol. The van der Waals surface area contributed by atoms with Crippen molar-refractivity contribution in [2.45, 2.75) is 26.2 Å². The lowest BCUT2D eigenvalue weighted by atomic mass is 10.2. The second-order valence-corrected chi connectivity index (χ2v) is 3.13. The van der Waals surface area contributed by atoms with Crippen LogP contribution in [0, 0.1) is 0 Å². The molecule has 0 radical (unpaired) electrons. The molecule has 0 saturated carbocycles. The Kier molecular flexibility index (Phi) is 10.8. The molecule has 0 aromatic carbocycles. The number of alkyl halides is 1. The summed E-state index contributed by atoms with van der Waals surface area (Å²) in [5.74, 6) is 0. The quantitative estimate of drug-likeness (QED) is 0.513. The second kappa shape index (κ2) is 11.8. The second-order valence-electron chi connectivity index (χ2n) is 3.13. The van der Waals surface area contributed by atoms with Gasteiger partial charge in [0.1, 0.15) is 13.3 Å². The Hall–Kier alpha value is -1.32. The molecule has 92 valence electrons. The first kappa shape index (κ1) is 14.7. The predicted octanol–water partition coefficient (Wildman–Crippen LogP) is 2.98. The SMILES string of the molecule is CC/C=C\CC/C=C/CNC(=O)OCCF. The van der Waals surface area contributed by atoms with Gasteiger partial charge in [0, 0.05) is 6.54 Å². The molecule has 3 nitrogen and oxygen atoms in total. The average Bonchev–Trinajstić information content (AvgIpc) is 2.30. The molecule has 0 rings (SSSR count). The molecule has 0 aliphatic rings. The number of amides is 1. The summed E-state index contributed by atoms with van der Waals surface area (Å²) in [6.45, 7) is 1.69. The maximum absolute atomic E-state index is 11.6. The third-order valence-corrected chi connectivity index (χ3v) is 1.74. The Balaban J connectivity index is 3.33. The van der Waals surface area contributed by atoms with Crippen molar-refractivity contribution < 1.29 is 13.9 Å². The fraction of sp³-hybridized carbons (Fsp3) is 0.583. The van der Waals surface area contributed by atoms with Gasteiger partial charge in [-0.05, 0) is 19.3 Å². The van der Waals surface area contributed by atoms with Crippen molar-refractivity contribution in [2.75, 3.05) is 19.8 Å². The summed E-state index contributed by atoms with van der Waals surface area (Å²) in [7, 11) is 0. The van der Waals surface area contributed by atoms with Crippen molar-refractivity contribution in [1.82, 2.24) is 5.32 Å². The first-order valence-electron chi connectivity index (χ1n) is 5.57. The van der Waals surface area contributed by atoms with E-state index in [9.17, 15) is 9.18 Å². The number of carbonyl (C=O) groups is 1. The number of hydrogen-bond donors (Lipinski definition) is 1. The minimum absolute atomic E-state index is 0.183. The van der Waals surface area contributed by atoms with Crippen LogP contribution in [0.4, 0.5) is 9.18 Å². The van der Waals surface area contributed by atoms with E-state index in [1.165, 1.54) is 0 Å². The third kappa shape index (κ3) is 10.8. The molecule has 0 unspecified atom stereocenters. The number of rotatable bonds is 8. The van der Waals surface area contributed by atoms with E-state index in [0.717, 1.165) is 19.3 Å². The molecule has 0 aromatic rings. The molecule has 0 aliphatic heterocycles. The Labute approximate surface area is 96.4 Å². The Morgan fingerprint density at radius 3 is 2.56 bits per heavy atom. The number of ether oxygens (including phenoxy) is 1. The van der Waals surface area contributed by atoms with E-state index in [2.05, 4.69) is 29.1 Å². The summed E-state index contributed by atoms with van der Waals surface area (Å²) in [6, 6.07) is 0. The van der Waals surface area contributed by atoms with Crippen LogP contribution in [0.15, 0.2) is 24.3 Å². The number of nitrogens with one attached hydrogen (secondary N) is 1. The highest BCUT2D eigenvalue weighted by Crippen LogP contribution is 1.93. The van der Waals surface area contributed by atoms with Gasteiger partial charge < -0.3 is 10.1 Å². The third-order valence-electron chi connectivity index (χ3n) is 1.74. The molecule has 0 spiro atoms. The summed E-state index contributed by atoms with van der Waals surface area (Å²) >= 11 is 0. The van der Waals surface area contributed by atoms with Crippen LogP contribution < -0.4 is 5.32 Å². The molecule has 0 bridgehead atoms. The van der Waals surface area contributed by atoms with E-state index < -0.39 is 12.8 Å². The molecule has 0 fully saturated rings. The number of unbranched alkanes of at least 4 members (excludes halogenated alkanes) is 1.